The van der Waals surface area contributed by atoms with Gasteiger partial charge in [-0.05, 0) is 24.3 Å². The number of nitrogens with zero attached hydrogens (tertiary/aromatic N) is 2. The van der Waals surface area contributed by atoms with Crippen LogP contribution in [0.4, 0.5) is 11.4 Å². The Hall–Kier alpha value is -2.69. The summed E-state index contributed by atoms with van der Waals surface area (Å²) in [5.74, 6) is -0.421. The topological polar surface area (TPSA) is 119 Å². The van der Waals surface area contributed by atoms with Crippen LogP contribution in [0.15, 0.2) is 41.3 Å². The molecule has 2 rings (SSSR count). The third-order valence-electron chi connectivity index (χ3n) is 4.17. The summed E-state index contributed by atoms with van der Waals surface area (Å²) in [6.45, 7) is 4.05. The molecule has 0 bridgehead atoms. The molecule has 0 unspecified atom stereocenters. The Bertz CT molecular complexity index is 1040. The summed E-state index contributed by atoms with van der Waals surface area (Å²) in [6, 6.07) is 7.56. The maximum Gasteiger partial charge on any atom is 0.270 e. The van der Waals surface area contributed by atoms with Crippen molar-refractivity contribution in [2.75, 3.05) is 25.5 Å². The highest BCUT2D eigenvalue weighted by Gasteiger charge is 2.24. The number of anilines is 1. The minimum atomic E-state index is -3.75. The highest BCUT2D eigenvalue weighted by atomic mass is 35.5. The lowest BCUT2D eigenvalue weighted by Gasteiger charge is -2.19. The van der Waals surface area contributed by atoms with E-state index >= 15 is 0 Å². The van der Waals surface area contributed by atoms with Crippen molar-refractivity contribution in [3.63, 3.8) is 0 Å². The van der Waals surface area contributed by atoms with E-state index in [2.05, 4.69) is 5.32 Å². The number of methoxy groups -OCH3 is 1. The van der Waals surface area contributed by atoms with Gasteiger partial charge < -0.3 is 10.1 Å². The van der Waals surface area contributed by atoms with Crippen LogP contribution in [-0.4, -0.2) is 43.8 Å². The van der Waals surface area contributed by atoms with E-state index in [0.29, 0.717) is 13.1 Å². The number of non-ortho nitro benzene ring substituents is 1. The molecule has 0 spiro atoms. The van der Waals surface area contributed by atoms with Crippen molar-refractivity contribution in [3.05, 3.63) is 57.1 Å². The van der Waals surface area contributed by atoms with Crippen LogP contribution in [0.3, 0.4) is 0 Å². The molecule has 0 aliphatic rings. The zero-order valence-electron chi connectivity index (χ0n) is 16.0. The average Bonchev–Trinajstić information content (AvgIpc) is 2.68. The quantitative estimate of drug-likeness (QED) is 0.494. The van der Waals surface area contributed by atoms with Crippen LogP contribution in [0.5, 0.6) is 5.75 Å². The molecule has 29 heavy (non-hydrogen) atoms. The minimum Gasteiger partial charge on any atom is -0.495 e. The van der Waals surface area contributed by atoms with Crippen molar-refractivity contribution < 1.29 is 22.9 Å². The highest BCUT2D eigenvalue weighted by molar-refractivity contribution is 7.89. The van der Waals surface area contributed by atoms with E-state index in [-0.39, 0.29) is 32.6 Å². The fraction of sp³-hybridized carbons (Fsp3) is 0.278. The number of ether oxygens (including phenoxy) is 1. The first-order valence-electron chi connectivity index (χ1n) is 8.59. The molecule has 0 radical (unpaired) electrons. The lowest BCUT2D eigenvalue weighted by atomic mass is 10.2. The standard InChI is InChI=1S/C18H20ClN3O6S/c1-4-21(5-2)29(26,27)13-7-9-17(28-3)16(11-13)20-18(23)14-8-6-12(22(24)25)10-15(14)19/h6-11H,4-5H2,1-3H3,(H,20,23). The van der Waals surface area contributed by atoms with Crippen LogP contribution in [0.25, 0.3) is 0 Å². The first-order chi connectivity index (χ1) is 13.6. The highest BCUT2D eigenvalue weighted by Crippen LogP contribution is 2.30. The Labute approximate surface area is 173 Å². The third kappa shape index (κ3) is 4.84. The number of carbonyl (C=O) groups is 1. The van der Waals surface area contributed by atoms with Crippen LogP contribution >= 0.6 is 11.6 Å². The number of hydrogen-bond acceptors (Lipinski definition) is 6. The largest absolute Gasteiger partial charge is 0.495 e. The molecule has 1 amide bonds. The van der Waals surface area contributed by atoms with Crippen molar-refractivity contribution in [2.24, 2.45) is 0 Å². The number of rotatable bonds is 8. The van der Waals surface area contributed by atoms with E-state index in [1.165, 1.54) is 35.7 Å². The Morgan fingerprint density at radius 1 is 1.21 bits per heavy atom. The van der Waals surface area contributed by atoms with E-state index < -0.39 is 20.9 Å². The van der Waals surface area contributed by atoms with Gasteiger partial charge in [0.25, 0.3) is 11.6 Å². The Balaban J connectivity index is 2.42. The number of halogens is 1. The lowest BCUT2D eigenvalue weighted by Crippen LogP contribution is -2.30. The van der Waals surface area contributed by atoms with Gasteiger partial charge in [-0.1, -0.05) is 25.4 Å². The minimum absolute atomic E-state index is 0.00340. The second kappa shape index (κ2) is 9.21. The van der Waals surface area contributed by atoms with Gasteiger partial charge in [0.05, 0.1) is 33.2 Å². The molecule has 156 valence electrons. The Kier molecular flexibility index (Phi) is 7.17. The lowest BCUT2D eigenvalue weighted by molar-refractivity contribution is -0.384. The number of carbonyl (C=O) groups excluding carboxylic acids is 1. The fourth-order valence-corrected chi connectivity index (χ4v) is 4.39. The van der Waals surface area contributed by atoms with E-state index in [1.807, 2.05) is 0 Å². The van der Waals surface area contributed by atoms with Crippen molar-refractivity contribution in [1.29, 1.82) is 0 Å². The molecule has 1 N–H and O–H groups in total. The van der Waals surface area contributed by atoms with Crippen LogP contribution in [-0.2, 0) is 10.0 Å². The molecule has 0 fully saturated rings. The van der Waals surface area contributed by atoms with Gasteiger partial charge in [0.2, 0.25) is 10.0 Å². The molecule has 9 nitrogen and oxygen atoms in total. The third-order valence-corrected chi connectivity index (χ3v) is 6.53. The number of nitrogens with one attached hydrogen (secondary N) is 1. The van der Waals surface area contributed by atoms with E-state index in [0.717, 1.165) is 12.1 Å². The van der Waals surface area contributed by atoms with Gasteiger partial charge in [-0.15, -0.1) is 0 Å². The molecule has 0 atom stereocenters. The second-order valence-corrected chi connectivity index (χ2v) is 8.17. The molecular weight excluding hydrogens is 422 g/mol. The van der Waals surface area contributed by atoms with Crippen molar-refractivity contribution >= 4 is 38.9 Å². The van der Waals surface area contributed by atoms with Crippen molar-refractivity contribution in [3.8, 4) is 5.75 Å². The first kappa shape index (κ1) is 22.6. The predicted octanol–water partition coefficient (Wildman–Crippen LogP) is 3.54. The molecule has 2 aromatic rings. The van der Waals surface area contributed by atoms with Gasteiger partial charge in [0.1, 0.15) is 5.75 Å². The molecule has 11 heteroatoms. The molecule has 0 aliphatic heterocycles. The smallest absolute Gasteiger partial charge is 0.270 e. The zero-order valence-corrected chi connectivity index (χ0v) is 17.6. The number of amides is 1. The Morgan fingerprint density at radius 2 is 1.86 bits per heavy atom. The summed E-state index contributed by atoms with van der Waals surface area (Å²) in [7, 11) is -2.37. The number of sulfonamides is 1. The molecule has 0 saturated heterocycles. The van der Waals surface area contributed by atoms with Gasteiger partial charge in [-0.3, -0.25) is 14.9 Å². The van der Waals surface area contributed by atoms with E-state index in [4.69, 9.17) is 16.3 Å². The maximum atomic E-state index is 12.7. The summed E-state index contributed by atoms with van der Waals surface area (Å²) in [5, 5.41) is 13.3. The van der Waals surface area contributed by atoms with Gasteiger partial charge in [-0.2, -0.15) is 4.31 Å². The monoisotopic (exact) mass is 441 g/mol. The number of nitro benzene ring substituents is 1. The Morgan fingerprint density at radius 3 is 2.38 bits per heavy atom. The van der Waals surface area contributed by atoms with E-state index in [1.54, 1.807) is 13.8 Å². The van der Waals surface area contributed by atoms with E-state index in [9.17, 15) is 23.3 Å². The molecule has 2 aromatic carbocycles. The van der Waals surface area contributed by atoms with Gasteiger partial charge in [0.15, 0.2) is 0 Å². The number of nitro groups is 1. The van der Waals surface area contributed by atoms with Gasteiger partial charge in [-0.25, -0.2) is 8.42 Å². The average molecular weight is 442 g/mol. The summed E-state index contributed by atoms with van der Waals surface area (Å²) in [6.07, 6.45) is 0. The molecule has 0 saturated carbocycles. The number of hydrogen-bond donors (Lipinski definition) is 1. The van der Waals surface area contributed by atoms with Gasteiger partial charge in [0, 0.05) is 25.2 Å². The zero-order chi connectivity index (χ0) is 21.8. The number of benzene rings is 2. The molecule has 0 aliphatic carbocycles. The summed E-state index contributed by atoms with van der Waals surface area (Å²) < 4.78 is 32.0. The van der Waals surface area contributed by atoms with Crippen LogP contribution < -0.4 is 10.1 Å². The SMILES string of the molecule is CCN(CC)S(=O)(=O)c1ccc(OC)c(NC(=O)c2ccc([N+](=O)[O-])cc2Cl)c1. The molecule has 0 heterocycles. The summed E-state index contributed by atoms with van der Waals surface area (Å²) in [4.78, 5) is 22.8. The summed E-state index contributed by atoms with van der Waals surface area (Å²) in [5.41, 5.74) is -0.132. The van der Waals surface area contributed by atoms with Gasteiger partial charge >= 0.3 is 0 Å². The molecular formula is C18H20ClN3O6S. The molecule has 0 aromatic heterocycles. The second-order valence-electron chi connectivity index (χ2n) is 5.83. The first-order valence-corrected chi connectivity index (χ1v) is 10.4. The van der Waals surface area contributed by atoms with Crippen molar-refractivity contribution in [2.45, 2.75) is 18.7 Å². The summed E-state index contributed by atoms with van der Waals surface area (Å²) >= 11 is 5.99. The maximum absolute atomic E-state index is 12.7. The van der Waals surface area contributed by atoms with Crippen molar-refractivity contribution in [1.82, 2.24) is 4.31 Å². The fourth-order valence-electron chi connectivity index (χ4n) is 2.65. The van der Waals surface area contributed by atoms with Crippen LogP contribution in [0.1, 0.15) is 24.2 Å². The van der Waals surface area contributed by atoms with Crippen LogP contribution in [0.2, 0.25) is 5.02 Å². The predicted molar refractivity (Wildman–Crippen MR) is 109 cm³/mol. The van der Waals surface area contributed by atoms with Crippen LogP contribution in [0, 0.1) is 10.1 Å². The normalized spacial score (nSPS) is 11.3.